The number of benzene rings is 1. The standard InChI is InChI=1S/C22H22F3N5O/c1-29-8-6-15(10-29)28-19(31)20-11-21(20,22(23,24)25)13-30(12-20)17-5-4-14(9-26)18-16(17)3-2-7-27-18/h2-5,7,15H,6,8,10-13H2,1H3,(H,28,31)/t15-,20?,21?/m0/s1. The summed E-state index contributed by atoms with van der Waals surface area (Å²) in [6.07, 6.45) is -2.36. The van der Waals surface area contributed by atoms with E-state index in [-0.39, 0.29) is 25.6 Å². The average Bonchev–Trinajstić information content (AvgIpc) is 3.02. The lowest BCUT2D eigenvalue weighted by Crippen LogP contribution is -2.45. The number of likely N-dealkylation sites (N-methyl/N-ethyl adjacent to an activating group) is 1. The zero-order valence-electron chi connectivity index (χ0n) is 17.0. The van der Waals surface area contributed by atoms with E-state index in [1.807, 2.05) is 7.05 Å². The van der Waals surface area contributed by atoms with Crippen molar-refractivity contribution in [1.29, 1.82) is 5.26 Å². The fraction of sp³-hybridized carbons (Fsp3) is 0.500. The summed E-state index contributed by atoms with van der Waals surface area (Å²) >= 11 is 0. The molecule has 1 aliphatic carbocycles. The zero-order valence-corrected chi connectivity index (χ0v) is 17.0. The Kier molecular flexibility index (Phi) is 4.25. The van der Waals surface area contributed by atoms with Crippen molar-refractivity contribution < 1.29 is 18.0 Å². The molecule has 2 unspecified atom stereocenters. The summed E-state index contributed by atoms with van der Waals surface area (Å²) in [5, 5.41) is 12.9. The summed E-state index contributed by atoms with van der Waals surface area (Å²) < 4.78 is 42.7. The van der Waals surface area contributed by atoms with Gasteiger partial charge < -0.3 is 15.1 Å². The molecule has 5 rings (SSSR count). The molecule has 162 valence electrons. The molecule has 0 radical (unpaired) electrons. The second-order valence-electron chi connectivity index (χ2n) is 9.06. The van der Waals surface area contributed by atoms with Gasteiger partial charge in [-0.3, -0.25) is 9.78 Å². The molecular weight excluding hydrogens is 407 g/mol. The van der Waals surface area contributed by atoms with E-state index in [9.17, 15) is 23.2 Å². The Balaban J connectivity index is 1.50. The van der Waals surface area contributed by atoms with E-state index < -0.39 is 22.9 Å². The van der Waals surface area contributed by atoms with Crippen LogP contribution in [0.2, 0.25) is 0 Å². The summed E-state index contributed by atoms with van der Waals surface area (Å²) in [6.45, 7) is 1.19. The highest BCUT2D eigenvalue weighted by Gasteiger charge is 2.86. The summed E-state index contributed by atoms with van der Waals surface area (Å²) in [6, 6.07) is 8.65. The first kappa shape index (κ1) is 20.1. The van der Waals surface area contributed by atoms with Gasteiger partial charge in [0.15, 0.2) is 0 Å². The number of nitrogens with one attached hydrogen (secondary N) is 1. The van der Waals surface area contributed by atoms with Crippen LogP contribution in [0.4, 0.5) is 18.9 Å². The summed E-state index contributed by atoms with van der Waals surface area (Å²) in [5.41, 5.74) is -2.12. The molecule has 2 aliphatic heterocycles. The number of nitriles is 1. The molecule has 2 aromatic rings. The molecule has 6 nitrogen and oxygen atoms in total. The Morgan fingerprint density at radius 1 is 1.32 bits per heavy atom. The van der Waals surface area contributed by atoms with Gasteiger partial charge in [-0.2, -0.15) is 18.4 Å². The number of carbonyl (C=O) groups is 1. The highest BCUT2D eigenvalue weighted by Crippen LogP contribution is 2.75. The van der Waals surface area contributed by atoms with Crippen molar-refractivity contribution >= 4 is 22.5 Å². The van der Waals surface area contributed by atoms with Crippen molar-refractivity contribution in [1.82, 2.24) is 15.2 Å². The predicted octanol–water partition coefficient (Wildman–Crippen LogP) is 2.69. The van der Waals surface area contributed by atoms with Gasteiger partial charge in [-0.25, -0.2) is 0 Å². The zero-order chi connectivity index (χ0) is 22.0. The molecule has 1 aromatic carbocycles. The number of aromatic nitrogens is 1. The van der Waals surface area contributed by atoms with Crippen LogP contribution in [-0.2, 0) is 4.79 Å². The Morgan fingerprint density at radius 3 is 2.81 bits per heavy atom. The Bertz CT molecular complexity index is 1110. The molecule has 3 aliphatic rings. The number of amides is 1. The molecule has 1 amide bonds. The van der Waals surface area contributed by atoms with Crippen molar-refractivity contribution in [3.8, 4) is 6.07 Å². The first-order valence-corrected chi connectivity index (χ1v) is 10.3. The topological polar surface area (TPSA) is 72.3 Å². The number of hydrogen-bond donors (Lipinski definition) is 1. The van der Waals surface area contributed by atoms with Gasteiger partial charge in [0, 0.05) is 42.9 Å². The monoisotopic (exact) mass is 429 g/mol. The number of likely N-dealkylation sites (tertiary alicyclic amines) is 1. The lowest BCUT2D eigenvalue weighted by atomic mass is 9.94. The van der Waals surface area contributed by atoms with Crippen LogP contribution in [-0.4, -0.2) is 61.2 Å². The molecule has 31 heavy (non-hydrogen) atoms. The van der Waals surface area contributed by atoms with Crippen LogP contribution in [0.5, 0.6) is 0 Å². The minimum absolute atomic E-state index is 0.00318. The van der Waals surface area contributed by atoms with Crippen molar-refractivity contribution in [3.05, 3.63) is 36.0 Å². The van der Waals surface area contributed by atoms with Gasteiger partial charge in [0.05, 0.1) is 16.5 Å². The lowest BCUT2D eigenvalue weighted by molar-refractivity contribution is -0.191. The molecule has 3 heterocycles. The van der Waals surface area contributed by atoms with E-state index >= 15 is 0 Å². The number of piperidine rings is 1. The number of anilines is 1. The lowest BCUT2D eigenvalue weighted by Gasteiger charge is -2.25. The number of carbonyl (C=O) groups excluding carboxylic acids is 1. The van der Waals surface area contributed by atoms with Gasteiger partial charge in [-0.15, -0.1) is 0 Å². The van der Waals surface area contributed by atoms with Gasteiger partial charge in [0.2, 0.25) is 5.91 Å². The molecule has 2 saturated heterocycles. The van der Waals surface area contributed by atoms with Crippen molar-refractivity contribution in [2.75, 3.05) is 38.1 Å². The van der Waals surface area contributed by atoms with Gasteiger partial charge in [-0.05, 0) is 50.7 Å². The van der Waals surface area contributed by atoms with Crippen LogP contribution in [0.15, 0.2) is 30.5 Å². The first-order chi connectivity index (χ1) is 14.7. The highest BCUT2D eigenvalue weighted by atomic mass is 19.4. The third-order valence-electron chi connectivity index (χ3n) is 7.23. The fourth-order valence-electron chi connectivity index (χ4n) is 5.49. The number of rotatable bonds is 3. The van der Waals surface area contributed by atoms with Crippen molar-refractivity contribution in [3.63, 3.8) is 0 Å². The third kappa shape index (κ3) is 2.81. The number of alkyl halides is 3. The minimum Gasteiger partial charge on any atom is -0.369 e. The van der Waals surface area contributed by atoms with Crippen LogP contribution in [0, 0.1) is 22.2 Å². The van der Waals surface area contributed by atoms with Crippen molar-refractivity contribution in [2.24, 2.45) is 10.8 Å². The minimum atomic E-state index is -4.48. The van der Waals surface area contributed by atoms with Crippen LogP contribution in [0.1, 0.15) is 18.4 Å². The van der Waals surface area contributed by atoms with Gasteiger partial charge >= 0.3 is 6.18 Å². The Morgan fingerprint density at radius 2 is 2.13 bits per heavy atom. The molecule has 1 saturated carbocycles. The van der Waals surface area contributed by atoms with Crippen LogP contribution < -0.4 is 10.2 Å². The van der Waals surface area contributed by atoms with Crippen LogP contribution in [0.3, 0.4) is 0 Å². The van der Waals surface area contributed by atoms with Gasteiger partial charge in [-0.1, -0.05) is 0 Å². The molecule has 1 N–H and O–H groups in total. The largest absolute Gasteiger partial charge is 0.397 e. The predicted molar refractivity (Wildman–Crippen MR) is 108 cm³/mol. The number of hydrogen-bond acceptors (Lipinski definition) is 5. The molecular formula is C22H22F3N5O. The maximum atomic E-state index is 14.2. The summed E-state index contributed by atoms with van der Waals surface area (Å²) in [5.74, 6) is -0.497. The smallest absolute Gasteiger partial charge is 0.369 e. The van der Waals surface area contributed by atoms with E-state index in [4.69, 9.17) is 0 Å². The average molecular weight is 429 g/mol. The van der Waals surface area contributed by atoms with E-state index in [1.54, 1.807) is 35.4 Å². The molecule has 0 bridgehead atoms. The van der Waals surface area contributed by atoms with E-state index in [0.29, 0.717) is 28.7 Å². The van der Waals surface area contributed by atoms with Crippen LogP contribution >= 0.6 is 0 Å². The molecule has 0 spiro atoms. The van der Waals surface area contributed by atoms with E-state index in [2.05, 4.69) is 21.3 Å². The van der Waals surface area contributed by atoms with Crippen LogP contribution in [0.25, 0.3) is 10.9 Å². The number of pyridine rings is 1. The molecule has 9 heteroatoms. The van der Waals surface area contributed by atoms with Crippen molar-refractivity contribution in [2.45, 2.75) is 25.1 Å². The number of nitrogens with zero attached hydrogens (tertiary/aromatic N) is 4. The maximum absolute atomic E-state index is 14.2. The Hall–Kier alpha value is -2.86. The second-order valence-corrected chi connectivity index (χ2v) is 9.06. The summed E-state index contributed by atoms with van der Waals surface area (Å²) in [4.78, 5) is 21.1. The first-order valence-electron chi connectivity index (χ1n) is 10.3. The highest BCUT2D eigenvalue weighted by molar-refractivity contribution is 5.97. The fourth-order valence-corrected chi connectivity index (χ4v) is 5.49. The Labute approximate surface area is 177 Å². The number of fused-ring (bicyclic) bond motifs is 2. The molecule has 1 aromatic heterocycles. The molecule has 3 atom stereocenters. The second kappa shape index (κ2) is 6.57. The molecule has 3 fully saturated rings. The maximum Gasteiger partial charge on any atom is 0.397 e. The van der Waals surface area contributed by atoms with Gasteiger partial charge in [0.1, 0.15) is 11.5 Å². The third-order valence-corrected chi connectivity index (χ3v) is 7.23. The SMILES string of the molecule is CN1CC[C@H](NC(=O)C23CN(c4ccc(C#N)c5ncccc45)CC2(C(F)(F)F)C3)C1. The normalized spacial score (nSPS) is 30.3. The summed E-state index contributed by atoms with van der Waals surface area (Å²) in [7, 11) is 1.93. The van der Waals surface area contributed by atoms with E-state index in [0.717, 1.165) is 13.0 Å². The quantitative estimate of drug-likeness (QED) is 0.812. The van der Waals surface area contributed by atoms with E-state index in [1.165, 1.54) is 0 Å². The number of halogens is 3. The van der Waals surface area contributed by atoms with Gasteiger partial charge in [0.25, 0.3) is 0 Å².